The van der Waals surface area contributed by atoms with Crippen molar-refractivity contribution in [1.82, 2.24) is 15.1 Å². The minimum Gasteiger partial charge on any atom is -0.393 e. The smallest absolute Gasteiger partial charge is 0.123 e. The lowest BCUT2D eigenvalue weighted by Gasteiger charge is -2.26. The van der Waals surface area contributed by atoms with Gasteiger partial charge in [-0.1, -0.05) is 29.8 Å². The number of aliphatic hydroxyl groups is 1. The number of benzene rings is 2. The molecule has 1 fully saturated rings. The Morgan fingerprint density at radius 2 is 1.79 bits per heavy atom. The predicted octanol–water partition coefficient (Wildman–Crippen LogP) is 4.72. The van der Waals surface area contributed by atoms with Gasteiger partial charge in [0.25, 0.3) is 0 Å². The molecule has 6 heteroatoms. The summed E-state index contributed by atoms with van der Waals surface area (Å²) in [6.07, 6.45) is 5.41. The molecule has 1 saturated carbocycles. The number of aromatic nitrogens is 2. The first-order valence-corrected chi connectivity index (χ1v) is 9.99. The zero-order valence-electron chi connectivity index (χ0n) is 15.5. The van der Waals surface area contributed by atoms with Crippen molar-refractivity contribution in [3.8, 4) is 16.9 Å². The summed E-state index contributed by atoms with van der Waals surface area (Å²) >= 11 is 6.42. The third-order valence-electron chi connectivity index (χ3n) is 5.29. The molecule has 1 heterocycles. The molecular weight excluding hydrogens is 377 g/mol. The van der Waals surface area contributed by atoms with E-state index in [9.17, 15) is 9.50 Å². The van der Waals surface area contributed by atoms with E-state index < -0.39 is 0 Å². The van der Waals surface area contributed by atoms with E-state index in [-0.39, 0.29) is 11.9 Å². The summed E-state index contributed by atoms with van der Waals surface area (Å²) in [5.74, 6) is -0.274. The van der Waals surface area contributed by atoms with Crippen LogP contribution in [0.4, 0.5) is 4.39 Å². The fraction of sp³-hybridized carbons (Fsp3) is 0.318. The van der Waals surface area contributed by atoms with Crippen molar-refractivity contribution in [1.29, 1.82) is 0 Å². The molecule has 0 aliphatic heterocycles. The minimum absolute atomic E-state index is 0.169. The molecule has 0 unspecified atom stereocenters. The third kappa shape index (κ3) is 4.27. The topological polar surface area (TPSA) is 50.1 Å². The second-order valence-electron chi connectivity index (χ2n) is 7.29. The highest BCUT2D eigenvalue weighted by atomic mass is 35.5. The molecule has 0 bridgehead atoms. The van der Waals surface area contributed by atoms with Crippen molar-refractivity contribution >= 4 is 11.6 Å². The Balaban J connectivity index is 1.63. The van der Waals surface area contributed by atoms with Gasteiger partial charge in [-0.15, -0.1) is 0 Å². The van der Waals surface area contributed by atoms with E-state index in [4.69, 9.17) is 16.7 Å². The molecule has 2 N–H and O–H groups in total. The van der Waals surface area contributed by atoms with Crippen molar-refractivity contribution in [2.45, 2.75) is 44.4 Å². The van der Waals surface area contributed by atoms with Gasteiger partial charge in [0.1, 0.15) is 5.82 Å². The Morgan fingerprint density at radius 1 is 1.07 bits per heavy atom. The maximum absolute atomic E-state index is 13.3. The monoisotopic (exact) mass is 399 g/mol. The Morgan fingerprint density at radius 3 is 2.50 bits per heavy atom. The summed E-state index contributed by atoms with van der Waals surface area (Å²) in [4.78, 5) is 0. The molecular formula is C22H23ClFN3O. The van der Waals surface area contributed by atoms with Crippen molar-refractivity contribution in [3.63, 3.8) is 0 Å². The molecule has 28 heavy (non-hydrogen) atoms. The standard InChI is InChI=1S/C22H23ClFN3O/c23-21-4-2-1-3-20(21)22-15(13-25-17-7-11-19(28)12-8-17)14-27(26-22)18-9-5-16(24)6-10-18/h1-6,9-10,14,17,19,25,28H,7-8,11-13H2. The van der Waals surface area contributed by atoms with Crippen molar-refractivity contribution in [2.24, 2.45) is 0 Å². The second-order valence-corrected chi connectivity index (χ2v) is 7.70. The first kappa shape index (κ1) is 19.1. The number of aliphatic hydroxyl groups excluding tert-OH is 1. The van der Waals surface area contributed by atoms with E-state index in [1.807, 2.05) is 30.5 Å². The Bertz CT molecular complexity index is 933. The van der Waals surface area contributed by atoms with E-state index in [0.717, 1.165) is 48.2 Å². The molecule has 0 amide bonds. The number of rotatable bonds is 5. The molecule has 4 nitrogen and oxygen atoms in total. The van der Waals surface area contributed by atoms with Gasteiger partial charge in [-0.2, -0.15) is 5.10 Å². The van der Waals surface area contributed by atoms with Crippen LogP contribution in [0.25, 0.3) is 16.9 Å². The largest absolute Gasteiger partial charge is 0.393 e. The zero-order valence-corrected chi connectivity index (χ0v) is 16.2. The molecule has 1 aromatic heterocycles. The van der Waals surface area contributed by atoms with Crippen LogP contribution in [0.3, 0.4) is 0 Å². The van der Waals surface area contributed by atoms with Crippen LogP contribution in [-0.2, 0) is 6.54 Å². The maximum atomic E-state index is 13.3. The quantitative estimate of drug-likeness (QED) is 0.652. The van der Waals surface area contributed by atoms with E-state index >= 15 is 0 Å². The molecule has 4 rings (SSSR count). The van der Waals surface area contributed by atoms with Gasteiger partial charge < -0.3 is 10.4 Å². The lowest BCUT2D eigenvalue weighted by Crippen LogP contribution is -2.34. The summed E-state index contributed by atoms with van der Waals surface area (Å²) in [5, 5.41) is 18.7. The van der Waals surface area contributed by atoms with Crippen LogP contribution in [0.15, 0.2) is 54.7 Å². The molecule has 0 saturated heterocycles. The van der Waals surface area contributed by atoms with Gasteiger partial charge in [-0.3, -0.25) is 0 Å². The molecule has 0 spiro atoms. The fourth-order valence-electron chi connectivity index (χ4n) is 3.68. The van der Waals surface area contributed by atoms with Gasteiger partial charge in [0.15, 0.2) is 0 Å². The van der Waals surface area contributed by atoms with Crippen molar-refractivity contribution in [3.05, 3.63) is 71.1 Å². The third-order valence-corrected chi connectivity index (χ3v) is 5.62. The highest BCUT2D eigenvalue weighted by Gasteiger charge is 2.20. The summed E-state index contributed by atoms with van der Waals surface area (Å²) < 4.78 is 15.0. The Hall–Kier alpha value is -2.21. The molecule has 146 valence electrons. The highest BCUT2D eigenvalue weighted by Crippen LogP contribution is 2.30. The van der Waals surface area contributed by atoms with E-state index in [2.05, 4.69) is 5.32 Å². The second kappa shape index (κ2) is 8.43. The zero-order chi connectivity index (χ0) is 19.5. The lowest BCUT2D eigenvalue weighted by atomic mass is 9.93. The summed E-state index contributed by atoms with van der Waals surface area (Å²) in [6.45, 7) is 0.655. The number of halogens is 2. The van der Waals surface area contributed by atoms with E-state index in [1.54, 1.807) is 16.8 Å². The highest BCUT2D eigenvalue weighted by molar-refractivity contribution is 6.33. The first-order chi connectivity index (χ1) is 13.6. The summed E-state index contributed by atoms with van der Waals surface area (Å²) in [6, 6.07) is 14.3. The van der Waals surface area contributed by atoms with Crippen LogP contribution in [0.5, 0.6) is 0 Å². The van der Waals surface area contributed by atoms with Gasteiger partial charge in [0.2, 0.25) is 0 Å². The van der Waals surface area contributed by atoms with Crippen LogP contribution in [-0.4, -0.2) is 27.0 Å². The summed E-state index contributed by atoms with van der Waals surface area (Å²) in [7, 11) is 0. The maximum Gasteiger partial charge on any atom is 0.123 e. The van der Waals surface area contributed by atoms with Crippen LogP contribution in [0.2, 0.25) is 5.02 Å². The minimum atomic E-state index is -0.274. The Kier molecular flexibility index (Phi) is 5.76. The fourth-order valence-corrected chi connectivity index (χ4v) is 3.90. The molecule has 0 atom stereocenters. The van der Waals surface area contributed by atoms with Crippen molar-refractivity contribution in [2.75, 3.05) is 0 Å². The number of nitrogens with one attached hydrogen (secondary N) is 1. The summed E-state index contributed by atoms with van der Waals surface area (Å²) in [5.41, 5.74) is 3.52. The normalized spacial score (nSPS) is 19.7. The van der Waals surface area contributed by atoms with Gasteiger partial charge >= 0.3 is 0 Å². The first-order valence-electron chi connectivity index (χ1n) is 9.61. The Labute approximate surface area is 169 Å². The van der Waals surface area contributed by atoms with E-state index in [0.29, 0.717) is 17.6 Å². The van der Waals surface area contributed by atoms with Crippen molar-refractivity contribution < 1.29 is 9.50 Å². The van der Waals surface area contributed by atoms with Gasteiger partial charge in [0.05, 0.1) is 22.5 Å². The number of hydrogen-bond acceptors (Lipinski definition) is 3. The van der Waals surface area contributed by atoms with Crippen LogP contribution in [0.1, 0.15) is 31.2 Å². The van der Waals surface area contributed by atoms with Crippen LogP contribution < -0.4 is 5.32 Å². The average molecular weight is 400 g/mol. The SMILES string of the molecule is OC1CCC(NCc2cn(-c3ccc(F)cc3)nc2-c2ccccc2Cl)CC1. The van der Waals surface area contributed by atoms with E-state index in [1.165, 1.54) is 12.1 Å². The molecule has 2 aromatic carbocycles. The van der Waals surface area contributed by atoms with Gasteiger partial charge in [0, 0.05) is 29.9 Å². The molecule has 3 aromatic rings. The predicted molar refractivity (Wildman–Crippen MR) is 109 cm³/mol. The number of nitrogens with zero attached hydrogens (tertiary/aromatic N) is 2. The van der Waals surface area contributed by atoms with Gasteiger partial charge in [-0.25, -0.2) is 9.07 Å². The molecule has 1 aliphatic carbocycles. The molecule has 1 aliphatic rings. The van der Waals surface area contributed by atoms with Gasteiger partial charge in [-0.05, 0) is 56.0 Å². The van der Waals surface area contributed by atoms with Crippen LogP contribution in [0, 0.1) is 5.82 Å². The molecule has 0 radical (unpaired) electrons. The lowest BCUT2D eigenvalue weighted by molar-refractivity contribution is 0.116. The average Bonchev–Trinajstić information content (AvgIpc) is 3.12. The van der Waals surface area contributed by atoms with Crippen LogP contribution >= 0.6 is 11.6 Å². The number of hydrogen-bond donors (Lipinski definition) is 2.